The monoisotopic (exact) mass is 224 g/mol. The van der Waals surface area contributed by atoms with E-state index >= 15 is 0 Å². The summed E-state index contributed by atoms with van der Waals surface area (Å²) < 4.78 is 1.55. The van der Waals surface area contributed by atoms with Gasteiger partial charge < -0.3 is 10.0 Å². The molecule has 0 saturated carbocycles. The van der Waals surface area contributed by atoms with Crippen LogP contribution in [0.25, 0.3) is 0 Å². The van der Waals surface area contributed by atoms with E-state index in [2.05, 4.69) is 15.0 Å². The van der Waals surface area contributed by atoms with Crippen LogP contribution >= 0.6 is 0 Å². The standard InChI is InChI=1S/C10H16N4O2/c1-13-8(7-9(15)16)11-10(12-13)14-5-3-2-4-6-14/h2-7H2,1H3,(H,15,16). The molecule has 88 valence electrons. The molecular weight excluding hydrogens is 208 g/mol. The maximum absolute atomic E-state index is 10.6. The van der Waals surface area contributed by atoms with E-state index in [0.29, 0.717) is 11.8 Å². The highest BCUT2D eigenvalue weighted by Gasteiger charge is 2.17. The Hall–Kier alpha value is -1.59. The van der Waals surface area contributed by atoms with Gasteiger partial charge in [-0.15, -0.1) is 5.10 Å². The lowest BCUT2D eigenvalue weighted by Crippen LogP contribution is -2.30. The van der Waals surface area contributed by atoms with E-state index < -0.39 is 5.97 Å². The summed E-state index contributed by atoms with van der Waals surface area (Å²) >= 11 is 0. The molecule has 1 aliphatic rings. The van der Waals surface area contributed by atoms with Crippen molar-refractivity contribution in [3.63, 3.8) is 0 Å². The molecule has 0 spiro atoms. The van der Waals surface area contributed by atoms with Crippen molar-refractivity contribution in [3.8, 4) is 0 Å². The number of anilines is 1. The first-order chi connectivity index (χ1) is 7.66. The summed E-state index contributed by atoms with van der Waals surface area (Å²) in [6, 6.07) is 0. The topological polar surface area (TPSA) is 71.2 Å². The molecule has 2 rings (SSSR count). The van der Waals surface area contributed by atoms with Crippen molar-refractivity contribution in [2.75, 3.05) is 18.0 Å². The van der Waals surface area contributed by atoms with Crippen LogP contribution in [-0.2, 0) is 18.3 Å². The molecule has 16 heavy (non-hydrogen) atoms. The second kappa shape index (κ2) is 4.51. The average Bonchev–Trinajstić information content (AvgIpc) is 2.61. The SMILES string of the molecule is Cn1nc(N2CCCCC2)nc1CC(=O)O. The van der Waals surface area contributed by atoms with Crippen LogP contribution in [0, 0.1) is 0 Å². The molecule has 0 amide bonds. The number of carboxylic acids is 1. The van der Waals surface area contributed by atoms with Crippen molar-refractivity contribution in [1.29, 1.82) is 0 Å². The Morgan fingerprint density at radius 1 is 1.38 bits per heavy atom. The van der Waals surface area contributed by atoms with E-state index in [1.165, 1.54) is 6.42 Å². The molecule has 1 saturated heterocycles. The van der Waals surface area contributed by atoms with Crippen molar-refractivity contribution in [2.24, 2.45) is 7.05 Å². The molecule has 0 atom stereocenters. The summed E-state index contributed by atoms with van der Waals surface area (Å²) in [6.45, 7) is 1.94. The smallest absolute Gasteiger partial charge is 0.311 e. The number of nitrogens with zero attached hydrogens (tertiary/aromatic N) is 4. The van der Waals surface area contributed by atoms with Crippen molar-refractivity contribution < 1.29 is 9.90 Å². The zero-order valence-corrected chi connectivity index (χ0v) is 9.39. The van der Waals surface area contributed by atoms with Crippen LogP contribution in [0.5, 0.6) is 0 Å². The van der Waals surface area contributed by atoms with Gasteiger partial charge in [0.2, 0.25) is 5.95 Å². The van der Waals surface area contributed by atoms with E-state index in [4.69, 9.17) is 5.11 Å². The summed E-state index contributed by atoms with van der Waals surface area (Å²) in [6.07, 6.45) is 3.50. The van der Waals surface area contributed by atoms with Gasteiger partial charge in [-0.25, -0.2) is 0 Å². The third-order valence-electron chi connectivity index (χ3n) is 2.79. The number of hydrogen-bond acceptors (Lipinski definition) is 4. The van der Waals surface area contributed by atoms with Crippen molar-refractivity contribution in [2.45, 2.75) is 25.7 Å². The molecule has 0 aliphatic carbocycles. The number of aliphatic carboxylic acids is 1. The van der Waals surface area contributed by atoms with Crippen LogP contribution in [0.1, 0.15) is 25.1 Å². The predicted octanol–water partition coefficient (Wildman–Crippen LogP) is 0.432. The third-order valence-corrected chi connectivity index (χ3v) is 2.79. The van der Waals surface area contributed by atoms with Crippen LogP contribution in [-0.4, -0.2) is 38.9 Å². The van der Waals surface area contributed by atoms with E-state index in [-0.39, 0.29) is 6.42 Å². The lowest BCUT2D eigenvalue weighted by atomic mass is 10.1. The summed E-state index contributed by atoms with van der Waals surface area (Å²) in [5, 5.41) is 13.0. The summed E-state index contributed by atoms with van der Waals surface area (Å²) in [5.41, 5.74) is 0. The minimum absolute atomic E-state index is 0.0721. The Kier molecular flexibility index (Phi) is 3.07. The van der Waals surface area contributed by atoms with Gasteiger partial charge in [0.25, 0.3) is 0 Å². The number of piperidine rings is 1. The van der Waals surface area contributed by atoms with Gasteiger partial charge in [0.05, 0.1) is 0 Å². The van der Waals surface area contributed by atoms with E-state index in [1.807, 2.05) is 0 Å². The first-order valence-electron chi connectivity index (χ1n) is 5.53. The average molecular weight is 224 g/mol. The van der Waals surface area contributed by atoms with Gasteiger partial charge in [-0.1, -0.05) is 0 Å². The fourth-order valence-corrected chi connectivity index (χ4v) is 1.92. The fraction of sp³-hybridized carbons (Fsp3) is 0.700. The minimum atomic E-state index is -0.874. The molecule has 1 aliphatic heterocycles. The molecule has 6 heteroatoms. The predicted molar refractivity (Wildman–Crippen MR) is 58.4 cm³/mol. The number of aryl methyl sites for hydroxylation is 1. The van der Waals surface area contributed by atoms with Gasteiger partial charge in [-0.3, -0.25) is 9.48 Å². The highest BCUT2D eigenvalue weighted by atomic mass is 16.4. The van der Waals surface area contributed by atoms with E-state index in [9.17, 15) is 4.79 Å². The molecule has 6 nitrogen and oxygen atoms in total. The van der Waals surface area contributed by atoms with Gasteiger partial charge in [0.15, 0.2) is 0 Å². The van der Waals surface area contributed by atoms with Gasteiger partial charge in [-0.2, -0.15) is 4.98 Å². The molecule has 0 aromatic carbocycles. The quantitative estimate of drug-likeness (QED) is 0.806. The van der Waals surface area contributed by atoms with Crippen molar-refractivity contribution in [1.82, 2.24) is 14.8 Å². The van der Waals surface area contributed by atoms with Gasteiger partial charge in [0.1, 0.15) is 12.2 Å². The minimum Gasteiger partial charge on any atom is -0.481 e. The Morgan fingerprint density at radius 2 is 2.06 bits per heavy atom. The highest BCUT2D eigenvalue weighted by molar-refractivity contribution is 5.69. The number of carboxylic acid groups (broad SMARTS) is 1. The molecule has 1 aromatic rings. The lowest BCUT2D eigenvalue weighted by Gasteiger charge is -2.24. The Morgan fingerprint density at radius 3 is 2.69 bits per heavy atom. The maximum atomic E-state index is 10.6. The molecule has 2 heterocycles. The Labute approximate surface area is 93.9 Å². The molecule has 1 N–H and O–H groups in total. The molecule has 1 aromatic heterocycles. The fourth-order valence-electron chi connectivity index (χ4n) is 1.92. The van der Waals surface area contributed by atoms with Crippen LogP contribution in [0.3, 0.4) is 0 Å². The molecule has 0 radical (unpaired) electrons. The highest BCUT2D eigenvalue weighted by Crippen LogP contribution is 2.16. The zero-order chi connectivity index (χ0) is 11.5. The van der Waals surface area contributed by atoms with Crippen LogP contribution in [0.4, 0.5) is 5.95 Å². The zero-order valence-electron chi connectivity index (χ0n) is 9.39. The number of hydrogen-bond donors (Lipinski definition) is 1. The van der Waals surface area contributed by atoms with Crippen molar-refractivity contribution in [3.05, 3.63) is 5.82 Å². The Balaban J connectivity index is 2.12. The van der Waals surface area contributed by atoms with Crippen molar-refractivity contribution >= 4 is 11.9 Å². The Bertz CT molecular complexity index is 382. The lowest BCUT2D eigenvalue weighted by molar-refractivity contribution is -0.136. The third kappa shape index (κ3) is 2.32. The van der Waals surface area contributed by atoms with Gasteiger partial charge in [0, 0.05) is 20.1 Å². The second-order valence-electron chi connectivity index (χ2n) is 4.07. The van der Waals surface area contributed by atoms with E-state index in [0.717, 1.165) is 25.9 Å². The number of carbonyl (C=O) groups is 1. The number of aromatic nitrogens is 3. The molecular formula is C10H16N4O2. The first-order valence-corrected chi connectivity index (χ1v) is 5.53. The molecule has 0 bridgehead atoms. The van der Waals surface area contributed by atoms with Crippen LogP contribution in [0.2, 0.25) is 0 Å². The van der Waals surface area contributed by atoms with Gasteiger partial charge >= 0.3 is 5.97 Å². The maximum Gasteiger partial charge on any atom is 0.311 e. The van der Waals surface area contributed by atoms with Crippen LogP contribution in [0.15, 0.2) is 0 Å². The van der Waals surface area contributed by atoms with E-state index in [1.54, 1.807) is 11.7 Å². The molecule has 1 fully saturated rings. The molecule has 0 unspecified atom stereocenters. The first kappa shape index (κ1) is 10.9. The van der Waals surface area contributed by atoms with Gasteiger partial charge in [-0.05, 0) is 19.3 Å². The summed E-state index contributed by atoms with van der Waals surface area (Å²) in [5.74, 6) is 0.298. The second-order valence-corrected chi connectivity index (χ2v) is 4.07. The largest absolute Gasteiger partial charge is 0.481 e. The normalized spacial score (nSPS) is 16.4. The summed E-state index contributed by atoms with van der Waals surface area (Å²) in [4.78, 5) is 17.0. The summed E-state index contributed by atoms with van der Waals surface area (Å²) in [7, 11) is 1.73. The van der Waals surface area contributed by atoms with Crippen LogP contribution < -0.4 is 4.90 Å². The number of rotatable bonds is 3.